The van der Waals surface area contributed by atoms with Crippen LogP contribution in [-0.2, 0) is 28.8 Å². The van der Waals surface area contributed by atoms with E-state index in [4.69, 9.17) is 15.5 Å². The molecule has 2 N–H and O–H groups in total. The van der Waals surface area contributed by atoms with E-state index in [-0.39, 0.29) is 24.0 Å². The summed E-state index contributed by atoms with van der Waals surface area (Å²) in [6.07, 6.45) is 6.63. The van der Waals surface area contributed by atoms with Crippen molar-refractivity contribution in [2.24, 2.45) is 11.7 Å². The number of anilines is 1. The largest absolute Gasteiger partial charge is 0.452 e. The first-order valence-corrected chi connectivity index (χ1v) is 12.7. The van der Waals surface area contributed by atoms with Crippen molar-refractivity contribution in [2.75, 3.05) is 12.0 Å². The molecule has 1 aliphatic carbocycles. The smallest absolute Gasteiger partial charge is 0.414 e. The molecule has 7 nitrogen and oxygen atoms in total. The highest BCUT2D eigenvalue weighted by Gasteiger charge is 2.33. The highest BCUT2D eigenvalue weighted by molar-refractivity contribution is 5.95. The molecule has 7 heteroatoms. The molecule has 35 heavy (non-hydrogen) atoms. The number of nitrogens with zero attached hydrogens (tertiary/aromatic N) is 3. The Balaban J connectivity index is 1.56. The molecule has 2 heterocycles. The molecule has 1 saturated carbocycles. The van der Waals surface area contributed by atoms with Gasteiger partial charge >= 0.3 is 6.09 Å². The van der Waals surface area contributed by atoms with Crippen molar-refractivity contribution in [3.63, 3.8) is 0 Å². The fourth-order valence-electron chi connectivity index (χ4n) is 5.93. The van der Waals surface area contributed by atoms with Crippen molar-refractivity contribution in [3.05, 3.63) is 59.4 Å². The number of aromatic nitrogens is 2. The van der Waals surface area contributed by atoms with E-state index in [2.05, 4.69) is 47.9 Å². The number of hydrogen-bond donors (Lipinski definition) is 1. The van der Waals surface area contributed by atoms with Gasteiger partial charge < -0.3 is 15.0 Å². The molecule has 0 saturated heterocycles. The van der Waals surface area contributed by atoms with Crippen molar-refractivity contribution < 1.29 is 14.3 Å². The average molecular weight is 475 g/mol. The third-order valence-corrected chi connectivity index (χ3v) is 7.84. The summed E-state index contributed by atoms with van der Waals surface area (Å²) in [7, 11) is 1.43. The summed E-state index contributed by atoms with van der Waals surface area (Å²) in [4.78, 5) is 31.3. The lowest BCUT2D eigenvalue weighted by atomic mass is 9.85. The van der Waals surface area contributed by atoms with E-state index in [1.54, 1.807) is 4.90 Å². The molecule has 1 aromatic heterocycles. The van der Waals surface area contributed by atoms with Gasteiger partial charge in [0.25, 0.3) is 0 Å². The topological polar surface area (TPSA) is 90.4 Å². The van der Waals surface area contributed by atoms with Crippen molar-refractivity contribution in [3.8, 4) is 0 Å². The van der Waals surface area contributed by atoms with Crippen molar-refractivity contribution in [1.82, 2.24) is 9.55 Å². The first-order chi connectivity index (χ1) is 17.0. The Morgan fingerprint density at radius 1 is 1.03 bits per heavy atom. The molecule has 2 aromatic carbocycles. The zero-order valence-electron chi connectivity index (χ0n) is 20.6. The van der Waals surface area contributed by atoms with E-state index in [0.717, 1.165) is 79.5 Å². The molecule has 3 aromatic rings. The van der Waals surface area contributed by atoms with Gasteiger partial charge in [-0.15, -0.1) is 0 Å². The van der Waals surface area contributed by atoms with Crippen LogP contribution in [0.1, 0.15) is 62.0 Å². The van der Waals surface area contributed by atoms with Crippen LogP contribution in [0.2, 0.25) is 0 Å². The van der Waals surface area contributed by atoms with Crippen molar-refractivity contribution in [1.29, 1.82) is 0 Å². The van der Waals surface area contributed by atoms with Gasteiger partial charge in [-0.2, -0.15) is 0 Å². The fraction of sp³-hybridized carbons (Fsp3) is 0.464. The summed E-state index contributed by atoms with van der Waals surface area (Å²) in [6.45, 7) is 2.06. The van der Waals surface area contributed by atoms with Gasteiger partial charge in [0.1, 0.15) is 5.82 Å². The van der Waals surface area contributed by atoms with E-state index in [1.807, 2.05) is 6.07 Å². The number of methoxy groups -OCH3 is 1. The van der Waals surface area contributed by atoms with Gasteiger partial charge in [-0.1, -0.05) is 30.3 Å². The van der Waals surface area contributed by atoms with Crippen LogP contribution in [0, 0.1) is 5.92 Å². The molecule has 0 spiro atoms. The van der Waals surface area contributed by atoms with Gasteiger partial charge in [0.15, 0.2) is 0 Å². The zero-order valence-corrected chi connectivity index (χ0v) is 20.6. The van der Waals surface area contributed by atoms with Gasteiger partial charge in [0.05, 0.1) is 23.8 Å². The van der Waals surface area contributed by atoms with Crippen molar-refractivity contribution in [2.45, 2.75) is 70.4 Å². The van der Waals surface area contributed by atoms with Crippen LogP contribution >= 0.6 is 0 Å². The van der Waals surface area contributed by atoms with E-state index < -0.39 is 0 Å². The maximum Gasteiger partial charge on any atom is 0.414 e. The number of rotatable bonds is 5. The summed E-state index contributed by atoms with van der Waals surface area (Å²) < 4.78 is 7.51. The maximum absolute atomic E-state index is 12.6. The number of hydrogen-bond acceptors (Lipinski definition) is 4. The normalized spacial score (nSPS) is 22.1. The first-order valence-electron chi connectivity index (χ1n) is 12.7. The number of amides is 2. The molecule has 2 aliphatic rings. The number of carbonyl (C=O) groups excluding carboxylic acids is 2. The van der Waals surface area contributed by atoms with E-state index in [9.17, 15) is 9.59 Å². The average Bonchev–Trinajstić information content (AvgIpc) is 3.26. The molecular formula is C28H34N4O3. The predicted molar refractivity (Wildman–Crippen MR) is 136 cm³/mol. The van der Waals surface area contributed by atoms with Gasteiger partial charge in [-0.3, -0.25) is 9.69 Å². The lowest BCUT2D eigenvalue weighted by molar-refractivity contribution is -0.122. The second-order valence-electron chi connectivity index (χ2n) is 9.95. The summed E-state index contributed by atoms with van der Waals surface area (Å²) in [5.41, 5.74) is 11.0. The Labute approximate surface area is 206 Å². The summed E-state index contributed by atoms with van der Waals surface area (Å²) in [6, 6.07) is 15.0. The standard InChI is InChI=1S/C28H34N4O3/c1-18-8-14-22-23(31(18)28(34)35-2)15-16-24-26(22)30-25(17-9-19-6-4-3-5-7-19)32(24)21-12-10-20(11-13-21)27(29)33/h3-7,15-16,18,20-21H,8-14,17H2,1-2H3,(H2,29,33)/t18-,20-,21+/m0/s1. The van der Waals surface area contributed by atoms with E-state index in [0.29, 0.717) is 6.04 Å². The van der Waals surface area contributed by atoms with Crippen LogP contribution in [0.15, 0.2) is 42.5 Å². The second kappa shape index (κ2) is 9.72. The maximum atomic E-state index is 12.6. The lowest BCUT2D eigenvalue weighted by Gasteiger charge is -2.34. The van der Waals surface area contributed by atoms with Crippen LogP contribution < -0.4 is 10.6 Å². The number of imidazole rings is 1. The minimum absolute atomic E-state index is 0.0309. The number of ether oxygens (including phenoxy) is 1. The van der Waals surface area contributed by atoms with Crippen molar-refractivity contribution >= 4 is 28.7 Å². The molecule has 0 radical (unpaired) electrons. The Morgan fingerprint density at radius 2 is 1.77 bits per heavy atom. The minimum Gasteiger partial charge on any atom is -0.452 e. The molecule has 1 aliphatic heterocycles. The number of primary amides is 1. The molecule has 2 amide bonds. The Morgan fingerprint density at radius 3 is 2.46 bits per heavy atom. The molecule has 1 fully saturated rings. The number of nitrogens with two attached hydrogens (primary N) is 1. The Bertz CT molecular complexity index is 1230. The highest BCUT2D eigenvalue weighted by Crippen LogP contribution is 2.40. The minimum atomic E-state index is -0.327. The summed E-state index contributed by atoms with van der Waals surface area (Å²) >= 11 is 0. The third kappa shape index (κ3) is 4.40. The molecule has 0 unspecified atom stereocenters. The number of carbonyl (C=O) groups is 2. The van der Waals surface area contributed by atoms with Gasteiger partial charge in [0, 0.05) is 30.0 Å². The Kier molecular flexibility index (Phi) is 6.50. The number of benzene rings is 2. The molecular weight excluding hydrogens is 440 g/mol. The second-order valence-corrected chi connectivity index (χ2v) is 9.95. The molecule has 184 valence electrons. The lowest BCUT2D eigenvalue weighted by Crippen LogP contribution is -2.42. The summed E-state index contributed by atoms with van der Waals surface area (Å²) in [5, 5.41) is 0. The first kappa shape index (κ1) is 23.4. The van der Waals surface area contributed by atoms with Crippen LogP contribution in [-0.4, -0.2) is 34.7 Å². The van der Waals surface area contributed by atoms with Crippen LogP contribution in [0.4, 0.5) is 10.5 Å². The van der Waals surface area contributed by atoms with Crippen LogP contribution in [0.5, 0.6) is 0 Å². The van der Waals surface area contributed by atoms with Gasteiger partial charge in [0.2, 0.25) is 5.91 Å². The number of aryl methyl sites for hydroxylation is 3. The van der Waals surface area contributed by atoms with Crippen LogP contribution in [0.3, 0.4) is 0 Å². The Hall–Kier alpha value is -3.35. The quantitative estimate of drug-likeness (QED) is 0.567. The molecule has 0 bridgehead atoms. The van der Waals surface area contributed by atoms with E-state index >= 15 is 0 Å². The molecule has 1 atom stereocenters. The number of fused-ring (bicyclic) bond motifs is 3. The third-order valence-electron chi connectivity index (χ3n) is 7.84. The van der Waals surface area contributed by atoms with E-state index in [1.165, 1.54) is 12.7 Å². The van der Waals surface area contributed by atoms with Gasteiger partial charge in [-0.25, -0.2) is 9.78 Å². The zero-order chi connectivity index (χ0) is 24.5. The summed E-state index contributed by atoms with van der Waals surface area (Å²) in [5.74, 6) is 0.856. The van der Waals surface area contributed by atoms with Gasteiger partial charge in [-0.05, 0) is 69.6 Å². The SMILES string of the molecule is COC(=O)N1c2ccc3c(nc(CCc4ccccc4)n3[C@H]3CC[C@@H](C(N)=O)CC3)c2CC[C@@H]1C. The molecule has 5 rings (SSSR count). The fourth-order valence-corrected chi connectivity index (χ4v) is 5.93. The van der Waals surface area contributed by atoms with Crippen LogP contribution in [0.25, 0.3) is 11.0 Å². The monoisotopic (exact) mass is 474 g/mol. The highest BCUT2D eigenvalue weighted by atomic mass is 16.5. The predicted octanol–water partition coefficient (Wildman–Crippen LogP) is 4.95.